The molecule has 1 aromatic heterocycles. The van der Waals surface area contributed by atoms with E-state index in [4.69, 9.17) is 10.8 Å². The zero-order valence-electron chi connectivity index (χ0n) is 6.93. The van der Waals surface area contributed by atoms with Gasteiger partial charge in [-0.3, -0.25) is 4.98 Å². The molecule has 0 aromatic carbocycles. The Kier molecular flexibility index (Phi) is 3.22. The predicted molar refractivity (Wildman–Crippen MR) is 44.5 cm³/mol. The monoisotopic (exact) mass is 182 g/mol. The Balaban J connectivity index is 2.69. The van der Waals surface area contributed by atoms with E-state index in [2.05, 4.69) is 9.72 Å². The second kappa shape index (κ2) is 4.42. The SMILES string of the molecule is NC(=O)OCc1ncccc1CO. The average Bonchev–Trinajstić information content (AvgIpc) is 2.15. The van der Waals surface area contributed by atoms with Gasteiger partial charge in [0.1, 0.15) is 6.61 Å². The van der Waals surface area contributed by atoms with E-state index in [9.17, 15) is 4.79 Å². The van der Waals surface area contributed by atoms with Gasteiger partial charge in [-0.1, -0.05) is 6.07 Å². The van der Waals surface area contributed by atoms with Crippen LogP contribution >= 0.6 is 0 Å². The van der Waals surface area contributed by atoms with Gasteiger partial charge in [0.2, 0.25) is 0 Å². The van der Waals surface area contributed by atoms with Gasteiger partial charge in [-0.05, 0) is 6.07 Å². The van der Waals surface area contributed by atoms with Crippen LogP contribution in [0.4, 0.5) is 4.79 Å². The van der Waals surface area contributed by atoms with E-state index in [0.717, 1.165) is 0 Å². The fourth-order valence-electron chi connectivity index (χ4n) is 0.885. The first-order valence-corrected chi connectivity index (χ1v) is 3.70. The highest BCUT2D eigenvalue weighted by molar-refractivity contribution is 5.64. The largest absolute Gasteiger partial charge is 0.443 e. The minimum Gasteiger partial charge on any atom is -0.443 e. The summed E-state index contributed by atoms with van der Waals surface area (Å²) in [6, 6.07) is 3.39. The third-order valence-electron chi connectivity index (χ3n) is 1.51. The summed E-state index contributed by atoms with van der Waals surface area (Å²) < 4.78 is 4.54. The summed E-state index contributed by atoms with van der Waals surface area (Å²) >= 11 is 0. The summed E-state index contributed by atoms with van der Waals surface area (Å²) in [5, 5.41) is 8.87. The van der Waals surface area contributed by atoms with E-state index in [0.29, 0.717) is 11.3 Å². The summed E-state index contributed by atoms with van der Waals surface area (Å²) in [7, 11) is 0. The number of aromatic nitrogens is 1. The summed E-state index contributed by atoms with van der Waals surface area (Å²) in [6.45, 7) is -0.142. The number of nitrogens with zero attached hydrogens (tertiary/aromatic N) is 1. The number of rotatable bonds is 3. The molecule has 1 rings (SSSR count). The van der Waals surface area contributed by atoms with Crippen LogP contribution in [0.2, 0.25) is 0 Å². The maximum absolute atomic E-state index is 10.3. The fraction of sp³-hybridized carbons (Fsp3) is 0.250. The number of nitrogens with two attached hydrogens (primary N) is 1. The van der Waals surface area contributed by atoms with Crippen molar-refractivity contribution in [3.05, 3.63) is 29.6 Å². The number of aliphatic hydroxyl groups excluding tert-OH is 1. The van der Waals surface area contributed by atoms with Gasteiger partial charge in [0.25, 0.3) is 0 Å². The lowest BCUT2D eigenvalue weighted by Gasteiger charge is -2.04. The molecule has 1 heterocycles. The molecule has 5 nitrogen and oxygen atoms in total. The normalized spacial score (nSPS) is 9.62. The smallest absolute Gasteiger partial charge is 0.404 e. The molecule has 0 aliphatic heterocycles. The van der Waals surface area contributed by atoms with Crippen LogP contribution in [0, 0.1) is 0 Å². The molecule has 0 unspecified atom stereocenters. The number of hydrogen-bond donors (Lipinski definition) is 2. The first kappa shape index (κ1) is 9.47. The molecule has 0 atom stereocenters. The molecule has 0 radical (unpaired) electrons. The Hall–Kier alpha value is -1.62. The Morgan fingerprint density at radius 1 is 1.69 bits per heavy atom. The summed E-state index contributed by atoms with van der Waals surface area (Å²) in [6.07, 6.45) is 0.702. The highest BCUT2D eigenvalue weighted by atomic mass is 16.5. The lowest BCUT2D eigenvalue weighted by atomic mass is 10.2. The molecule has 13 heavy (non-hydrogen) atoms. The van der Waals surface area contributed by atoms with Crippen LogP contribution in [0.15, 0.2) is 18.3 Å². The van der Waals surface area contributed by atoms with E-state index in [-0.39, 0.29) is 13.2 Å². The quantitative estimate of drug-likeness (QED) is 0.697. The van der Waals surface area contributed by atoms with Gasteiger partial charge in [-0.25, -0.2) is 4.79 Å². The molecule has 0 aliphatic rings. The van der Waals surface area contributed by atoms with Crippen LogP contribution < -0.4 is 5.73 Å². The maximum atomic E-state index is 10.3. The van der Waals surface area contributed by atoms with E-state index >= 15 is 0 Å². The molecule has 0 bridgehead atoms. The van der Waals surface area contributed by atoms with Crippen LogP contribution in [-0.2, 0) is 18.0 Å². The van der Waals surface area contributed by atoms with E-state index < -0.39 is 6.09 Å². The zero-order valence-corrected chi connectivity index (χ0v) is 6.93. The predicted octanol–water partition coefficient (Wildman–Crippen LogP) is 0.169. The summed E-state index contributed by atoms with van der Waals surface area (Å²) in [5.74, 6) is 0. The Morgan fingerprint density at radius 2 is 2.46 bits per heavy atom. The van der Waals surface area contributed by atoms with Crippen LogP contribution in [0.1, 0.15) is 11.3 Å². The molecular weight excluding hydrogens is 172 g/mol. The van der Waals surface area contributed by atoms with Crippen molar-refractivity contribution in [2.45, 2.75) is 13.2 Å². The zero-order chi connectivity index (χ0) is 9.68. The Morgan fingerprint density at radius 3 is 3.08 bits per heavy atom. The number of amides is 1. The summed E-state index contributed by atoms with van der Waals surface area (Å²) in [4.78, 5) is 14.2. The standard InChI is InChI=1S/C8H10N2O3/c9-8(12)13-5-7-6(4-11)2-1-3-10-7/h1-3,11H,4-5H2,(H2,9,12). The second-order valence-electron chi connectivity index (χ2n) is 2.38. The molecule has 1 amide bonds. The van der Waals surface area contributed by atoms with Gasteiger partial charge >= 0.3 is 6.09 Å². The van der Waals surface area contributed by atoms with Crippen molar-refractivity contribution in [3.8, 4) is 0 Å². The first-order chi connectivity index (χ1) is 6.24. The van der Waals surface area contributed by atoms with Crippen LogP contribution in [0.25, 0.3) is 0 Å². The van der Waals surface area contributed by atoms with E-state index in [1.807, 2.05) is 0 Å². The molecule has 0 fully saturated rings. The Labute approximate surface area is 75.2 Å². The minimum absolute atomic E-state index is 0.00787. The van der Waals surface area contributed by atoms with Crippen LogP contribution in [-0.4, -0.2) is 16.2 Å². The number of carbonyl (C=O) groups is 1. The average molecular weight is 182 g/mol. The van der Waals surface area contributed by atoms with Crippen molar-refractivity contribution in [2.75, 3.05) is 0 Å². The molecule has 0 saturated carbocycles. The molecule has 0 aliphatic carbocycles. The Bertz CT molecular complexity index is 301. The van der Waals surface area contributed by atoms with Gasteiger partial charge in [-0.2, -0.15) is 0 Å². The van der Waals surface area contributed by atoms with E-state index in [1.165, 1.54) is 0 Å². The molecule has 0 saturated heterocycles. The van der Waals surface area contributed by atoms with Gasteiger partial charge in [-0.15, -0.1) is 0 Å². The fourth-order valence-corrected chi connectivity index (χ4v) is 0.885. The number of carbonyl (C=O) groups excluding carboxylic acids is 1. The lowest BCUT2D eigenvalue weighted by molar-refractivity contribution is 0.147. The van der Waals surface area contributed by atoms with Crippen LogP contribution in [0.3, 0.4) is 0 Å². The summed E-state index contributed by atoms with van der Waals surface area (Å²) in [5.41, 5.74) is 5.93. The third-order valence-corrected chi connectivity index (χ3v) is 1.51. The molecule has 5 heteroatoms. The van der Waals surface area contributed by atoms with Crippen molar-refractivity contribution >= 4 is 6.09 Å². The molecule has 0 spiro atoms. The molecule has 3 N–H and O–H groups in total. The molecule has 1 aromatic rings. The van der Waals surface area contributed by atoms with Gasteiger partial charge in [0, 0.05) is 11.8 Å². The van der Waals surface area contributed by atoms with Crippen LogP contribution in [0.5, 0.6) is 0 Å². The van der Waals surface area contributed by atoms with Gasteiger partial charge < -0.3 is 15.6 Å². The minimum atomic E-state index is -0.852. The number of hydrogen-bond acceptors (Lipinski definition) is 4. The van der Waals surface area contributed by atoms with Crippen molar-refractivity contribution < 1.29 is 14.6 Å². The van der Waals surface area contributed by atoms with Crippen molar-refractivity contribution in [3.63, 3.8) is 0 Å². The van der Waals surface area contributed by atoms with Gasteiger partial charge in [0.05, 0.1) is 12.3 Å². The van der Waals surface area contributed by atoms with Gasteiger partial charge in [0.15, 0.2) is 0 Å². The number of primary amides is 1. The molecule has 70 valence electrons. The number of pyridine rings is 1. The topological polar surface area (TPSA) is 85.4 Å². The van der Waals surface area contributed by atoms with E-state index in [1.54, 1.807) is 18.3 Å². The third kappa shape index (κ3) is 2.72. The number of aliphatic hydroxyl groups is 1. The first-order valence-electron chi connectivity index (χ1n) is 3.70. The lowest BCUT2D eigenvalue weighted by Crippen LogP contribution is -2.14. The molecular formula is C8H10N2O3. The number of ether oxygens (including phenoxy) is 1. The van der Waals surface area contributed by atoms with Crippen molar-refractivity contribution in [1.29, 1.82) is 0 Å². The van der Waals surface area contributed by atoms with Crippen molar-refractivity contribution in [2.24, 2.45) is 5.73 Å². The maximum Gasteiger partial charge on any atom is 0.404 e. The second-order valence-corrected chi connectivity index (χ2v) is 2.38. The van der Waals surface area contributed by atoms with Crippen molar-refractivity contribution in [1.82, 2.24) is 4.98 Å². The highest BCUT2D eigenvalue weighted by Gasteiger charge is 2.03. The highest BCUT2D eigenvalue weighted by Crippen LogP contribution is 2.06.